The molecule has 2 rings (SSSR count). The largest absolute Gasteiger partial charge is 0.279 e. The lowest BCUT2D eigenvalue weighted by Crippen LogP contribution is -2.45. The SMILES string of the molecule is CS(=O)(=O)C1(c2cccnc2)CCN(N)C1=O. The highest BCUT2D eigenvalue weighted by Gasteiger charge is 2.55. The van der Waals surface area contributed by atoms with Crippen LogP contribution in [0.3, 0.4) is 0 Å². The molecule has 0 saturated carbocycles. The molecule has 1 saturated heterocycles. The Morgan fingerprint density at radius 1 is 1.53 bits per heavy atom. The van der Waals surface area contributed by atoms with Crippen LogP contribution in [0.15, 0.2) is 24.5 Å². The Labute approximate surface area is 99.3 Å². The van der Waals surface area contributed by atoms with E-state index in [1.54, 1.807) is 12.1 Å². The predicted octanol–water partition coefficient (Wildman–Crippen LogP) is -0.573. The van der Waals surface area contributed by atoms with Gasteiger partial charge in [0.25, 0.3) is 5.91 Å². The molecule has 0 spiro atoms. The van der Waals surface area contributed by atoms with Crippen LogP contribution in [-0.4, -0.2) is 37.1 Å². The summed E-state index contributed by atoms with van der Waals surface area (Å²) < 4.78 is 22.4. The van der Waals surface area contributed by atoms with Crippen LogP contribution in [0.5, 0.6) is 0 Å². The number of carbonyl (C=O) groups is 1. The van der Waals surface area contributed by atoms with E-state index < -0.39 is 20.5 Å². The first-order chi connectivity index (χ1) is 7.89. The van der Waals surface area contributed by atoms with E-state index in [1.807, 2.05) is 0 Å². The number of carbonyl (C=O) groups excluding carboxylic acids is 1. The zero-order valence-corrected chi connectivity index (χ0v) is 10.1. The van der Waals surface area contributed by atoms with Crippen LogP contribution >= 0.6 is 0 Å². The standard InChI is InChI=1S/C10H13N3O3S/c1-17(15,16)10(4-6-13(11)9(10)14)8-3-2-5-12-7-8/h2-3,5,7H,4,6,11H2,1H3. The minimum absolute atomic E-state index is 0.160. The van der Waals surface area contributed by atoms with Crippen molar-refractivity contribution >= 4 is 15.7 Å². The van der Waals surface area contributed by atoms with E-state index in [1.165, 1.54) is 12.4 Å². The van der Waals surface area contributed by atoms with Crippen molar-refractivity contribution in [1.29, 1.82) is 0 Å². The second kappa shape index (κ2) is 3.78. The van der Waals surface area contributed by atoms with Crippen LogP contribution in [0.1, 0.15) is 12.0 Å². The molecule has 1 aromatic heterocycles. The van der Waals surface area contributed by atoms with Crippen LogP contribution in [0, 0.1) is 0 Å². The minimum atomic E-state index is -3.61. The Morgan fingerprint density at radius 3 is 2.65 bits per heavy atom. The Balaban J connectivity index is 2.67. The molecule has 2 heterocycles. The number of nitrogens with zero attached hydrogens (tertiary/aromatic N) is 2. The van der Waals surface area contributed by atoms with E-state index in [4.69, 9.17) is 5.84 Å². The smallest absolute Gasteiger partial charge is 0.262 e. The number of rotatable bonds is 2. The second-order valence-corrected chi connectivity index (χ2v) is 6.33. The molecule has 1 atom stereocenters. The third-order valence-corrected chi connectivity index (χ3v) is 4.95. The van der Waals surface area contributed by atoms with E-state index in [9.17, 15) is 13.2 Å². The fraction of sp³-hybridized carbons (Fsp3) is 0.400. The first kappa shape index (κ1) is 12.0. The van der Waals surface area contributed by atoms with Gasteiger partial charge in [-0.25, -0.2) is 14.3 Å². The van der Waals surface area contributed by atoms with Gasteiger partial charge in [0.15, 0.2) is 14.6 Å². The third kappa shape index (κ3) is 1.62. The number of aromatic nitrogens is 1. The van der Waals surface area contributed by atoms with E-state index in [0.717, 1.165) is 11.3 Å². The normalized spacial score (nSPS) is 25.3. The molecular weight excluding hydrogens is 242 g/mol. The lowest BCUT2D eigenvalue weighted by atomic mass is 9.98. The van der Waals surface area contributed by atoms with Gasteiger partial charge < -0.3 is 0 Å². The van der Waals surface area contributed by atoms with Gasteiger partial charge in [0, 0.05) is 30.8 Å². The maximum atomic E-state index is 12.1. The Bertz CT molecular complexity index is 543. The maximum absolute atomic E-state index is 12.1. The number of hydrogen-bond donors (Lipinski definition) is 1. The summed E-state index contributed by atoms with van der Waals surface area (Å²) >= 11 is 0. The molecule has 2 N–H and O–H groups in total. The van der Waals surface area contributed by atoms with Gasteiger partial charge in [0.1, 0.15) is 0 Å². The monoisotopic (exact) mass is 255 g/mol. The van der Waals surface area contributed by atoms with Crippen molar-refractivity contribution in [3.05, 3.63) is 30.1 Å². The van der Waals surface area contributed by atoms with E-state index in [0.29, 0.717) is 5.56 Å². The molecule has 6 nitrogen and oxygen atoms in total. The highest BCUT2D eigenvalue weighted by molar-refractivity contribution is 7.92. The summed E-state index contributed by atoms with van der Waals surface area (Å²) in [5, 5.41) is 0.952. The number of hydrazine groups is 1. The molecule has 1 amide bonds. The Hall–Kier alpha value is -1.47. The molecule has 17 heavy (non-hydrogen) atoms. The van der Waals surface area contributed by atoms with Crippen LogP contribution in [0.25, 0.3) is 0 Å². The summed E-state index contributed by atoms with van der Waals surface area (Å²) in [4.78, 5) is 15.9. The molecule has 1 aromatic rings. The summed E-state index contributed by atoms with van der Waals surface area (Å²) in [5.41, 5.74) is 0.375. The molecule has 0 aliphatic carbocycles. The van der Waals surface area contributed by atoms with Gasteiger partial charge in [0.2, 0.25) is 0 Å². The van der Waals surface area contributed by atoms with Gasteiger partial charge in [-0.05, 0) is 12.5 Å². The number of pyridine rings is 1. The molecule has 1 unspecified atom stereocenters. The number of nitrogens with two attached hydrogens (primary N) is 1. The predicted molar refractivity (Wildman–Crippen MR) is 61.3 cm³/mol. The molecule has 0 aromatic carbocycles. The zero-order valence-electron chi connectivity index (χ0n) is 9.33. The molecule has 1 aliphatic heterocycles. The topological polar surface area (TPSA) is 93.4 Å². The minimum Gasteiger partial charge on any atom is -0.279 e. The van der Waals surface area contributed by atoms with E-state index in [2.05, 4.69) is 4.98 Å². The summed E-state index contributed by atoms with van der Waals surface area (Å²) in [7, 11) is -3.61. The van der Waals surface area contributed by atoms with E-state index in [-0.39, 0.29) is 13.0 Å². The summed E-state index contributed by atoms with van der Waals surface area (Å²) in [6.07, 6.45) is 4.14. The van der Waals surface area contributed by atoms with Gasteiger partial charge in [0.05, 0.1) is 0 Å². The van der Waals surface area contributed by atoms with Gasteiger partial charge in [-0.3, -0.25) is 14.8 Å². The third-order valence-electron chi connectivity index (χ3n) is 3.07. The zero-order chi connectivity index (χ0) is 12.7. The summed E-state index contributed by atoms with van der Waals surface area (Å²) in [6.45, 7) is 0.223. The van der Waals surface area contributed by atoms with Crippen molar-refractivity contribution < 1.29 is 13.2 Å². The van der Waals surface area contributed by atoms with Gasteiger partial charge in [-0.15, -0.1) is 0 Å². The average Bonchev–Trinajstić information content (AvgIpc) is 2.58. The lowest BCUT2D eigenvalue weighted by molar-refractivity contribution is -0.130. The van der Waals surface area contributed by atoms with E-state index >= 15 is 0 Å². The molecule has 0 bridgehead atoms. The second-order valence-electron chi connectivity index (χ2n) is 4.09. The molecular formula is C10H13N3O3S. The molecule has 92 valence electrons. The average molecular weight is 255 g/mol. The van der Waals surface area contributed by atoms with Crippen molar-refractivity contribution in [3.63, 3.8) is 0 Å². The van der Waals surface area contributed by atoms with Crippen molar-refractivity contribution in [2.45, 2.75) is 11.2 Å². The van der Waals surface area contributed by atoms with Crippen LogP contribution in [-0.2, 0) is 19.4 Å². The highest BCUT2D eigenvalue weighted by Crippen LogP contribution is 2.38. The fourth-order valence-corrected chi connectivity index (χ4v) is 3.59. The molecule has 1 fully saturated rings. The van der Waals surface area contributed by atoms with Crippen LogP contribution in [0.2, 0.25) is 0 Å². The van der Waals surface area contributed by atoms with Crippen molar-refractivity contribution in [2.75, 3.05) is 12.8 Å². The van der Waals surface area contributed by atoms with Gasteiger partial charge in [-0.2, -0.15) is 0 Å². The number of hydrogen-bond acceptors (Lipinski definition) is 5. The first-order valence-corrected chi connectivity index (χ1v) is 6.95. The van der Waals surface area contributed by atoms with Crippen LogP contribution < -0.4 is 5.84 Å². The van der Waals surface area contributed by atoms with Gasteiger partial charge in [-0.1, -0.05) is 6.07 Å². The Morgan fingerprint density at radius 2 is 2.24 bits per heavy atom. The van der Waals surface area contributed by atoms with Crippen molar-refractivity contribution in [3.8, 4) is 0 Å². The van der Waals surface area contributed by atoms with Crippen molar-refractivity contribution in [1.82, 2.24) is 9.99 Å². The molecule has 1 aliphatic rings. The molecule has 0 radical (unpaired) electrons. The fourth-order valence-electron chi connectivity index (χ4n) is 2.15. The first-order valence-electron chi connectivity index (χ1n) is 5.06. The van der Waals surface area contributed by atoms with Crippen LogP contribution in [0.4, 0.5) is 0 Å². The quantitative estimate of drug-likeness (QED) is 0.564. The van der Waals surface area contributed by atoms with Gasteiger partial charge >= 0.3 is 0 Å². The maximum Gasteiger partial charge on any atom is 0.262 e. The summed E-state index contributed by atoms with van der Waals surface area (Å²) in [5.74, 6) is 4.90. The number of sulfone groups is 1. The Kier molecular flexibility index (Phi) is 2.67. The number of amides is 1. The summed E-state index contributed by atoms with van der Waals surface area (Å²) in [6, 6.07) is 3.19. The molecule has 7 heteroatoms. The highest BCUT2D eigenvalue weighted by atomic mass is 32.2. The lowest BCUT2D eigenvalue weighted by Gasteiger charge is -2.24. The van der Waals surface area contributed by atoms with Crippen molar-refractivity contribution in [2.24, 2.45) is 5.84 Å².